The molecule has 9 heteroatoms. The molecule has 6 atom stereocenters. The van der Waals surface area contributed by atoms with Gasteiger partial charge in [-0.1, -0.05) is 0 Å². The highest BCUT2D eigenvalue weighted by Gasteiger charge is 2.35. The van der Waals surface area contributed by atoms with E-state index in [0.717, 1.165) is 49.7 Å². The lowest BCUT2D eigenvalue weighted by Gasteiger charge is -2.36. The van der Waals surface area contributed by atoms with E-state index in [1.165, 1.54) is 0 Å². The second kappa shape index (κ2) is 10.7. The van der Waals surface area contributed by atoms with E-state index in [0.29, 0.717) is 24.6 Å². The van der Waals surface area contributed by atoms with Crippen molar-refractivity contribution in [1.82, 2.24) is 19.4 Å². The van der Waals surface area contributed by atoms with Crippen LogP contribution in [0.2, 0.25) is 0 Å². The normalized spacial score (nSPS) is 29.6. The fourth-order valence-corrected chi connectivity index (χ4v) is 6.37. The summed E-state index contributed by atoms with van der Waals surface area (Å²) in [5.74, 6) is 0.800. The van der Waals surface area contributed by atoms with Crippen LogP contribution in [-0.4, -0.2) is 37.3 Å². The van der Waals surface area contributed by atoms with Crippen LogP contribution >= 0.6 is 23.2 Å². The van der Waals surface area contributed by atoms with Gasteiger partial charge in [0.1, 0.15) is 0 Å². The fraction of sp³-hybridized carbons (Fsp3) is 0.640. The van der Waals surface area contributed by atoms with Gasteiger partial charge >= 0.3 is 0 Å². The highest BCUT2D eigenvalue weighted by molar-refractivity contribution is 6.30. The Morgan fingerprint density at radius 1 is 1.15 bits per heavy atom. The van der Waals surface area contributed by atoms with Crippen LogP contribution in [-0.2, 0) is 18.4 Å². The lowest BCUT2D eigenvalue weighted by Crippen LogP contribution is -2.40. The molecule has 1 amide bonds. The van der Waals surface area contributed by atoms with Crippen LogP contribution < -0.4 is 16.5 Å². The quantitative estimate of drug-likeness (QED) is 0.520. The number of carbonyl (C=O) groups excluding carboxylic acids is 1. The van der Waals surface area contributed by atoms with E-state index in [1.54, 1.807) is 10.6 Å². The fourth-order valence-electron chi connectivity index (χ4n) is 5.76. The largest absolute Gasteiger partial charge is 0.356 e. The van der Waals surface area contributed by atoms with Gasteiger partial charge in [0.2, 0.25) is 17.1 Å². The zero-order valence-corrected chi connectivity index (χ0v) is 21.4. The van der Waals surface area contributed by atoms with Crippen molar-refractivity contribution >= 4 is 29.1 Å². The average molecular weight is 508 g/mol. The van der Waals surface area contributed by atoms with Gasteiger partial charge in [-0.25, -0.2) is 0 Å². The van der Waals surface area contributed by atoms with E-state index in [-0.39, 0.29) is 40.0 Å². The third-order valence-corrected chi connectivity index (χ3v) is 8.82. The van der Waals surface area contributed by atoms with Gasteiger partial charge in [-0.3, -0.25) is 15.0 Å². The zero-order valence-electron chi connectivity index (χ0n) is 19.9. The molecule has 2 heterocycles. The van der Waals surface area contributed by atoms with Crippen molar-refractivity contribution < 1.29 is 4.79 Å². The Morgan fingerprint density at radius 2 is 1.94 bits per heavy atom. The first-order valence-electron chi connectivity index (χ1n) is 12.2. The van der Waals surface area contributed by atoms with E-state index in [2.05, 4.69) is 10.3 Å². The number of aromatic nitrogens is 3. The number of aromatic amines is 1. The Labute approximate surface area is 210 Å². The number of halogens is 2. The number of H-pyrrole nitrogens is 1. The molecular formula is C25H35Cl2N5O2. The van der Waals surface area contributed by atoms with Gasteiger partial charge < -0.3 is 19.4 Å². The van der Waals surface area contributed by atoms with Gasteiger partial charge in [-0.2, -0.15) is 0 Å². The summed E-state index contributed by atoms with van der Waals surface area (Å²) in [6.07, 6.45) is 10.8. The van der Waals surface area contributed by atoms with E-state index >= 15 is 0 Å². The monoisotopic (exact) mass is 507 g/mol. The molecule has 6 unspecified atom stereocenters. The van der Waals surface area contributed by atoms with E-state index in [4.69, 9.17) is 28.6 Å². The smallest absolute Gasteiger partial charge is 0.248 e. The van der Waals surface area contributed by atoms with Crippen LogP contribution in [0.4, 0.5) is 0 Å². The molecule has 0 spiro atoms. The van der Waals surface area contributed by atoms with E-state index in [9.17, 15) is 9.59 Å². The summed E-state index contributed by atoms with van der Waals surface area (Å²) in [4.78, 5) is 27.9. The third kappa shape index (κ3) is 5.80. The van der Waals surface area contributed by atoms with Crippen LogP contribution in [0, 0.1) is 30.1 Å². The molecule has 4 rings (SSSR count). The number of pyridine rings is 1. The number of aryl methyl sites for hydroxylation is 2. The van der Waals surface area contributed by atoms with Crippen molar-refractivity contribution in [2.24, 2.45) is 24.8 Å². The van der Waals surface area contributed by atoms with Gasteiger partial charge in [0.15, 0.2) is 0 Å². The predicted molar refractivity (Wildman–Crippen MR) is 134 cm³/mol. The summed E-state index contributed by atoms with van der Waals surface area (Å²) in [7, 11) is 1.87. The molecule has 34 heavy (non-hydrogen) atoms. The highest BCUT2D eigenvalue weighted by Crippen LogP contribution is 2.41. The molecule has 2 aliphatic rings. The molecule has 7 nitrogen and oxygen atoms in total. The highest BCUT2D eigenvalue weighted by atomic mass is 35.5. The van der Waals surface area contributed by atoms with Gasteiger partial charge in [-0.15, -0.1) is 23.2 Å². The number of nitrogens with zero attached hydrogens (tertiary/aromatic N) is 2. The molecule has 0 aliphatic heterocycles. The molecular weight excluding hydrogens is 473 g/mol. The summed E-state index contributed by atoms with van der Waals surface area (Å²) in [5, 5.41) is 11.5. The molecule has 186 valence electrons. The number of carbonyl (C=O) groups is 1. The maximum absolute atomic E-state index is 13.3. The minimum Gasteiger partial charge on any atom is -0.356 e. The number of imidazole rings is 1. The Balaban J connectivity index is 1.48. The van der Waals surface area contributed by atoms with Crippen molar-refractivity contribution in [2.75, 3.05) is 6.54 Å². The summed E-state index contributed by atoms with van der Waals surface area (Å²) in [6.45, 7) is 3.31. The number of hydrogen-bond acceptors (Lipinski definition) is 3. The van der Waals surface area contributed by atoms with Crippen LogP contribution in [0.3, 0.4) is 0 Å². The van der Waals surface area contributed by atoms with E-state index < -0.39 is 0 Å². The first kappa shape index (κ1) is 25.1. The van der Waals surface area contributed by atoms with E-state index in [1.807, 2.05) is 37.1 Å². The Hall–Kier alpha value is -1.99. The second-order valence-corrected chi connectivity index (χ2v) is 11.4. The molecule has 3 N–H and O–H groups in total. The second-order valence-electron chi connectivity index (χ2n) is 10.2. The molecule has 2 aliphatic carbocycles. The molecule has 0 bridgehead atoms. The molecule has 2 saturated carbocycles. The topological polar surface area (TPSA) is 95.7 Å². The van der Waals surface area contributed by atoms with Crippen LogP contribution in [0.25, 0.3) is 0 Å². The van der Waals surface area contributed by atoms with Crippen LogP contribution in [0.15, 0.2) is 29.5 Å². The maximum atomic E-state index is 13.3. The Morgan fingerprint density at radius 3 is 2.62 bits per heavy atom. The number of rotatable bonds is 6. The molecule has 0 radical (unpaired) electrons. The third-order valence-electron chi connectivity index (χ3n) is 7.69. The van der Waals surface area contributed by atoms with Crippen molar-refractivity contribution in [3.05, 3.63) is 51.8 Å². The summed E-state index contributed by atoms with van der Waals surface area (Å²) < 4.78 is 3.74. The summed E-state index contributed by atoms with van der Waals surface area (Å²) in [5.41, 5.74) is 2.42. The van der Waals surface area contributed by atoms with Gasteiger partial charge in [0.05, 0.1) is 5.38 Å². The first-order chi connectivity index (χ1) is 16.2. The van der Waals surface area contributed by atoms with Crippen LogP contribution in [0.5, 0.6) is 0 Å². The van der Waals surface area contributed by atoms with Gasteiger partial charge in [-0.05, 0) is 74.3 Å². The van der Waals surface area contributed by atoms with Crippen molar-refractivity contribution in [3.8, 4) is 0 Å². The predicted octanol–water partition coefficient (Wildman–Crippen LogP) is 3.63. The van der Waals surface area contributed by atoms with Crippen molar-refractivity contribution in [2.45, 2.75) is 68.7 Å². The molecule has 2 fully saturated rings. The van der Waals surface area contributed by atoms with Crippen molar-refractivity contribution in [3.63, 3.8) is 0 Å². The average Bonchev–Trinajstić information content (AvgIpc) is 3.11. The lowest BCUT2D eigenvalue weighted by molar-refractivity contribution is -0.127. The standard InChI is InChI=1S/C25H35Cl2N5O2/c1-15-7-23(33)29-13-20(15)18-8-17(14-32-6-5-31(2)25(32)28)9-19(11-18)24(34)30-12-16-3-4-21(26)22(27)10-16/h5-7,13,16-19,21-22,28H,3-4,8-12,14H2,1-2H3,(H,29,33)(H,30,34). The summed E-state index contributed by atoms with van der Waals surface area (Å²) >= 11 is 12.6. The zero-order chi connectivity index (χ0) is 24.4. The number of alkyl halides is 2. The Kier molecular flexibility index (Phi) is 7.93. The number of hydrogen-bond donors (Lipinski definition) is 3. The molecule has 2 aromatic heterocycles. The van der Waals surface area contributed by atoms with Gasteiger partial charge in [0.25, 0.3) is 0 Å². The van der Waals surface area contributed by atoms with Crippen LogP contribution in [0.1, 0.15) is 55.6 Å². The maximum Gasteiger partial charge on any atom is 0.248 e. The minimum absolute atomic E-state index is 0.0199. The Bertz CT molecular complexity index is 1120. The number of amides is 1. The molecule has 2 aromatic rings. The molecule has 0 saturated heterocycles. The molecule has 0 aromatic carbocycles. The number of nitrogens with one attached hydrogen (secondary N) is 3. The first-order valence-corrected chi connectivity index (χ1v) is 13.1. The SMILES string of the molecule is Cc1cc(=O)[nH]cc1C1CC(Cn2ccn(C)c2=N)CC(C(=O)NCC2CCC(Cl)C(Cl)C2)C1. The van der Waals surface area contributed by atoms with Crippen molar-refractivity contribution in [1.29, 1.82) is 5.41 Å². The minimum atomic E-state index is -0.107. The summed E-state index contributed by atoms with van der Waals surface area (Å²) in [6, 6.07) is 1.64. The lowest BCUT2D eigenvalue weighted by atomic mass is 9.71. The van der Waals surface area contributed by atoms with Gasteiger partial charge in [0, 0.05) is 56.1 Å².